The molecule has 82 valence electrons. The summed E-state index contributed by atoms with van der Waals surface area (Å²) in [6.07, 6.45) is 7.11. The summed E-state index contributed by atoms with van der Waals surface area (Å²) in [7, 11) is 0. The highest BCUT2D eigenvalue weighted by Crippen LogP contribution is 2.35. The molecule has 2 N–H and O–H groups in total. The third-order valence-electron chi connectivity index (χ3n) is 3.57. The molecule has 0 unspecified atom stereocenters. The van der Waals surface area contributed by atoms with Gasteiger partial charge in [-0.25, -0.2) is 0 Å². The van der Waals surface area contributed by atoms with Crippen LogP contribution in [-0.4, -0.2) is 11.5 Å². The second kappa shape index (κ2) is 4.75. The maximum absolute atomic E-state index is 5.70. The lowest BCUT2D eigenvalue weighted by Gasteiger charge is -2.27. The lowest BCUT2D eigenvalue weighted by Crippen LogP contribution is -2.20. The van der Waals surface area contributed by atoms with Crippen LogP contribution in [0.15, 0.2) is 18.3 Å². The maximum atomic E-state index is 5.70. The van der Waals surface area contributed by atoms with Gasteiger partial charge in [0, 0.05) is 11.9 Å². The Morgan fingerprint density at radius 2 is 2.07 bits per heavy atom. The third-order valence-corrected chi connectivity index (χ3v) is 3.57. The van der Waals surface area contributed by atoms with Gasteiger partial charge >= 0.3 is 0 Å². The van der Waals surface area contributed by atoms with E-state index in [0.717, 1.165) is 24.1 Å². The molecule has 1 aliphatic carbocycles. The van der Waals surface area contributed by atoms with E-state index < -0.39 is 0 Å². The van der Waals surface area contributed by atoms with Gasteiger partial charge in [-0.1, -0.05) is 0 Å². The monoisotopic (exact) mass is 204 g/mol. The van der Waals surface area contributed by atoms with Crippen molar-refractivity contribution in [2.75, 3.05) is 6.54 Å². The number of rotatable bonds is 2. The predicted molar refractivity (Wildman–Crippen MR) is 62.7 cm³/mol. The molecule has 1 aromatic rings. The Kier molecular flexibility index (Phi) is 3.37. The fraction of sp³-hybridized carbons (Fsp3) is 0.615. The molecule has 1 aliphatic rings. The maximum Gasteiger partial charge on any atom is 0.0375 e. The van der Waals surface area contributed by atoms with Crippen LogP contribution in [0.1, 0.15) is 42.9 Å². The number of nitrogens with zero attached hydrogens (tertiary/aromatic N) is 1. The first-order valence-corrected chi connectivity index (χ1v) is 5.92. The Balaban J connectivity index is 2.01. The van der Waals surface area contributed by atoms with Crippen molar-refractivity contribution in [1.82, 2.24) is 4.98 Å². The first-order chi connectivity index (χ1) is 7.29. The molecular formula is C13H20N2. The number of pyridine rings is 1. The summed E-state index contributed by atoms with van der Waals surface area (Å²) in [6.45, 7) is 2.93. The average Bonchev–Trinajstić information content (AvgIpc) is 2.29. The van der Waals surface area contributed by atoms with Crippen molar-refractivity contribution >= 4 is 0 Å². The van der Waals surface area contributed by atoms with Gasteiger partial charge < -0.3 is 5.73 Å². The van der Waals surface area contributed by atoms with Gasteiger partial charge in [0.05, 0.1) is 0 Å². The summed E-state index contributed by atoms with van der Waals surface area (Å²) in [6, 6.07) is 4.40. The molecule has 0 spiro atoms. The van der Waals surface area contributed by atoms with Crippen molar-refractivity contribution < 1.29 is 0 Å². The number of hydrogen-bond acceptors (Lipinski definition) is 2. The lowest BCUT2D eigenvalue weighted by atomic mass is 9.79. The molecule has 2 nitrogen and oxygen atoms in total. The van der Waals surface area contributed by atoms with Gasteiger partial charge in [0.2, 0.25) is 0 Å². The minimum atomic E-state index is 0.745. The van der Waals surface area contributed by atoms with Gasteiger partial charge in [-0.3, -0.25) is 4.98 Å². The lowest BCUT2D eigenvalue weighted by molar-refractivity contribution is 0.332. The zero-order valence-corrected chi connectivity index (χ0v) is 9.45. The number of aryl methyl sites for hydroxylation is 1. The molecule has 2 heteroatoms. The van der Waals surface area contributed by atoms with Crippen molar-refractivity contribution in [3.63, 3.8) is 0 Å². The summed E-state index contributed by atoms with van der Waals surface area (Å²) >= 11 is 0. The Labute approximate surface area is 91.9 Å². The van der Waals surface area contributed by atoms with E-state index in [-0.39, 0.29) is 0 Å². The van der Waals surface area contributed by atoms with E-state index in [9.17, 15) is 0 Å². The molecule has 1 aromatic heterocycles. The molecule has 0 amide bonds. The summed E-state index contributed by atoms with van der Waals surface area (Å²) in [5, 5.41) is 0. The highest BCUT2D eigenvalue weighted by atomic mass is 14.6. The van der Waals surface area contributed by atoms with Crippen LogP contribution >= 0.6 is 0 Å². The summed E-state index contributed by atoms with van der Waals surface area (Å²) < 4.78 is 0. The minimum Gasteiger partial charge on any atom is -0.330 e. The van der Waals surface area contributed by atoms with E-state index in [1.165, 1.54) is 31.2 Å². The van der Waals surface area contributed by atoms with Crippen LogP contribution in [0.5, 0.6) is 0 Å². The molecule has 0 atom stereocenters. The van der Waals surface area contributed by atoms with Gasteiger partial charge in [0.1, 0.15) is 0 Å². The van der Waals surface area contributed by atoms with Crippen LogP contribution in [0, 0.1) is 12.8 Å². The molecule has 0 aliphatic heterocycles. The SMILES string of the molecule is Cc1cc(C2CCC(CN)CC2)ccn1. The Hall–Kier alpha value is -0.890. The molecule has 1 saturated carbocycles. The van der Waals surface area contributed by atoms with Gasteiger partial charge in [-0.2, -0.15) is 0 Å². The summed E-state index contributed by atoms with van der Waals surface area (Å²) in [4.78, 5) is 4.25. The van der Waals surface area contributed by atoms with Gasteiger partial charge in [0.15, 0.2) is 0 Å². The summed E-state index contributed by atoms with van der Waals surface area (Å²) in [5.74, 6) is 1.51. The highest BCUT2D eigenvalue weighted by Gasteiger charge is 2.21. The smallest absolute Gasteiger partial charge is 0.0375 e. The van der Waals surface area contributed by atoms with Gasteiger partial charge in [-0.05, 0) is 68.7 Å². The van der Waals surface area contributed by atoms with E-state index in [4.69, 9.17) is 5.73 Å². The first kappa shape index (κ1) is 10.6. The summed E-state index contributed by atoms with van der Waals surface area (Å²) in [5.41, 5.74) is 8.30. The molecule has 15 heavy (non-hydrogen) atoms. The first-order valence-electron chi connectivity index (χ1n) is 5.92. The quantitative estimate of drug-likeness (QED) is 0.804. The zero-order chi connectivity index (χ0) is 10.7. The molecule has 1 heterocycles. The van der Waals surface area contributed by atoms with Crippen molar-refractivity contribution in [3.05, 3.63) is 29.6 Å². The van der Waals surface area contributed by atoms with E-state index >= 15 is 0 Å². The average molecular weight is 204 g/mol. The Morgan fingerprint density at radius 3 is 2.67 bits per heavy atom. The second-order valence-corrected chi connectivity index (χ2v) is 4.68. The predicted octanol–water partition coefficient (Wildman–Crippen LogP) is 2.62. The van der Waals surface area contributed by atoms with E-state index in [0.29, 0.717) is 0 Å². The normalized spacial score (nSPS) is 26.5. The highest BCUT2D eigenvalue weighted by molar-refractivity contribution is 5.20. The van der Waals surface area contributed by atoms with Crippen molar-refractivity contribution in [2.45, 2.75) is 38.5 Å². The van der Waals surface area contributed by atoms with Gasteiger partial charge in [0.25, 0.3) is 0 Å². The van der Waals surface area contributed by atoms with Crippen LogP contribution in [0.4, 0.5) is 0 Å². The number of hydrogen-bond donors (Lipinski definition) is 1. The van der Waals surface area contributed by atoms with Crippen LogP contribution in [0.3, 0.4) is 0 Å². The minimum absolute atomic E-state index is 0.745. The molecule has 0 saturated heterocycles. The number of nitrogens with two attached hydrogens (primary N) is 1. The third kappa shape index (κ3) is 2.57. The Morgan fingerprint density at radius 1 is 1.33 bits per heavy atom. The molecule has 0 aromatic carbocycles. The molecular weight excluding hydrogens is 184 g/mol. The second-order valence-electron chi connectivity index (χ2n) is 4.68. The fourth-order valence-electron chi connectivity index (χ4n) is 2.55. The van der Waals surface area contributed by atoms with Crippen LogP contribution in [0.25, 0.3) is 0 Å². The topological polar surface area (TPSA) is 38.9 Å². The Bertz CT molecular complexity index is 314. The largest absolute Gasteiger partial charge is 0.330 e. The van der Waals surface area contributed by atoms with E-state index in [1.807, 2.05) is 6.20 Å². The van der Waals surface area contributed by atoms with Crippen LogP contribution < -0.4 is 5.73 Å². The molecule has 0 radical (unpaired) electrons. The van der Waals surface area contributed by atoms with E-state index in [2.05, 4.69) is 24.0 Å². The van der Waals surface area contributed by atoms with Crippen molar-refractivity contribution in [3.8, 4) is 0 Å². The fourth-order valence-corrected chi connectivity index (χ4v) is 2.55. The molecule has 2 rings (SSSR count). The van der Waals surface area contributed by atoms with Crippen LogP contribution in [-0.2, 0) is 0 Å². The van der Waals surface area contributed by atoms with Gasteiger partial charge in [-0.15, -0.1) is 0 Å². The molecule has 0 bridgehead atoms. The van der Waals surface area contributed by atoms with Crippen molar-refractivity contribution in [1.29, 1.82) is 0 Å². The van der Waals surface area contributed by atoms with E-state index in [1.54, 1.807) is 0 Å². The van der Waals surface area contributed by atoms with Crippen LogP contribution in [0.2, 0.25) is 0 Å². The zero-order valence-electron chi connectivity index (χ0n) is 9.45. The standard InChI is InChI=1S/C13H20N2/c1-10-8-13(6-7-15-10)12-4-2-11(9-14)3-5-12/h6-8,11-12H,2-5,9,14H2,1H3. The van der Waals surface area contributed by atoms with Crippen molar-refractivity contribution in [2.24, 2.45) is 11.7 Å². The molecule has 1 fully saturated rings. The number of aromatic nitrogens is 1.